The van der Waals surface area contributed by atoms with Crippen molar-refractivity contribution < 1.29 is 0 Å². The van der Waals surface area contributed by atoms with Gasteiger partial charge in [-0.3, -0.25) is 14.7 Å². The van der Waals surface area contributed by atoms with Gasteiger partial charge in [0.25, 0.3) is 0 Å². The second kappa shape index (κ2) is 9.07. The summed E-state index contributed by atoms with van der Waals surface area (Å²) in [5, 5.41) is 22.6. The van der Waals surface area contributed by atoms with E-state index in [1.165, 1.54) is 11.8 Å². The molecule has 0 amide bonds. The number of hydrogen-bond donors (Lipinski definition) is 1. The predicted octanol–water partition coefficient (Wildman–Crippen LogP) is 3.68. The predicted molar refractivity (Wildman–Crippen MR) is 120 cm³/mol. The van der Waals surface area contributed by atoms with Gasteiger partial charge < -0.3 is 5.32 Å². The zero-order valence-corrected chi connectivity index (χ0v) is 17.5. The monoisotopic (exact) mass is 418 g/mol. The highest BCUT2D eigenvalue weighted by Gasteiger charge is 2.18. The fourth-order valence-corrected chi connectivity index (χ4v) is 4.55. The molecule has 0 aromatic carbocycles. The van der Waals surface area contributed by atoms with Crippen molar-refractivity contribution in [3.63, 3.8) is 0 Å². The van der Waals surface area contributed by atoms with Crippen molar-refractivity contribution in [3.8, 4) is 17.2 Å². The number of nitriles is 1. The maximum atomic E-state index is 9.52. The molecule has 1 fully saturated rings. The Hall–Kier alpha value is -3.22. The summed E-state index contributed by atoms with van der Waals surface area (Å²) in [6, 6.07) is 4.63. The molecule has 9 heteroatoms. The number of rotatable bonds is 6. The van der Waals surface area contributed by atoms with E-state index in [0.717, 1.165) is 47.5 Å². The maximum Gasteiger partial charge on any atom is 0.119 e. The molecule has 1 atom stereocenters. The smallest absolute Gasteiger partial charge is 0.119 e. The Bertz CT molecular complexity index is 1160. The number of aromatic nitrogens is 4. The van der Waals surface area contributed by atoms with E-state index in [4.69, 9.17) is 0 Å². The summed E-state index contributed by atoms with van der Waals surface area (Å²) < 4.78 is 3.78. The van der Waals surface area contributed by atoms with Gasteiger partial charge in [-0.1, -0.05) is 11.8 Å². The van der Waals surface area contributed by atoms with Crippen LogP contribution in [0, 0.1) is 11.3 Å². The van der Waals surface area contributed by atoms with Gasteiger partial charge in [0.05, 0.1) is 35.7 Å². The minimum atomic E-state index is 0.368. The molecule has 0 bridgehead atoms. The summed E-state index contributed by atoms with van der Waals surface area (Å²) in [5.74, 6) is 0. The molecule has 152 valence electrons. The lowest BCUT2D eigenvalue weighted by Gasteiger charge is -2.22. The van der Waals surface area contributed by atoms with Gasteiger partial charge in [0.15, 0.2) is 0 Å². The Morgan fingerprint density at radius 1 is 1.37 bits per heavy atom. The molecule has 1 aliphatic rings. The van der Waals surface area contributed by atoms with Crippen LogP contribution in [-0.4, -0.2) is 45.4 Å². The molecule has 1 N–H and O–H groups in total. The highest BCUT2D eigenvalue weighted by Crippen LogP contribution is 2.36. The van der Waals surface area contributed by atoms with Crippen LogP contribution >= 0.6 is 11.8 Å². The standard InChI is InChI=1S/C21H22N8S/c1-3-25-20(12-23-2)30-19-7-15(13-29-21(19)16(8-22)9-27-29)17-10-26-28(14-17)18-5-4-6-24-11-18/h3,7,9-10,12-14,18,24H,2,4-6,11H2,1H3/b20-12+,25-3-. The van der Waals surface area contributed by atoms with E-state index in [1.54, 1.807) is 23.1 Å². The summed E-state index contributed by atoms with van der Waals surface area (Å²) in [6.07, 6.45) is 13.0. The van der Waals surface area contributed by atoms with Crippen LogP contribution < -0.4 is 5.32 Å². The average molecular weight is 419 g/mol. The molecule has 30 heavy (non-hydrogen) atoms. The number of aliphatic imine (C=N–C) groups is 2. The lowest BCUT2D eigenvalue weighted by molar-refractivity contribution is 0.347. The van der Waals surface area contributed by atoms with Gasteiger partial charge in [-0.05, 0) is 39.1 Å². The van der Waals surface area contributed by atoms with E-state index < -0.39 is 0 Å². The fraction of sp³-hybridized carbons (Fsp3) is 0.286. The van der Waals surface area contributed by atoms with Gasteiger partial charge in [-0.2, -0.15) is 15.5 Å². The molecule has 1 saturated heterocycles. The van der Waals surface area contributed by atoms with Crippen molar-refractivity contribution in [3.05, 3.63) is 47.6 Å². The first-order valence-electron chi connectivity index (χ1n) is 9.72. The molecule has 1 unspecified atom stereocenters. The Morgan fingerprint density at radius 2 is 2.27 bits per heavy atom. The van der Waals surface area contributed by atoms with Crippen LogP contribution in [0.1, 0.15) is 31.4 Å². The first-order chi connectivity index (χ1) is 14.7. The quantitative estimate of drug-likeness (QED) is 0.487. The third-order valence-corrected chi connectivity index (χ3v) is 5.90. The normalized spacial score (nSPS) is 17.5. The van der Waals surface area contributed by atoms with E-state index in [1.807, 2.05) is 30.1 Å². The summed E-state index contributed by atoms with van der Waals surface area (Å²) in [6.45, 7) is 7.37. The number of thioether (sulfide) groups is 1. The van der Waals surface area contributed by atoms with E-state index in [9.17, 15) is 5.26 Å². The lowest BCUT2D eigenvalue weighted by Crippen LogP contribution is -2.31. The van der Waals surface area contributed by atoms with Crippen LogP contribution in [0.25, 0.3) is 16.6 Å². The Morgan fingerprint density at radius 3 is 3.00 bits per heavy atom. The Balaban J connectivity index is 1.76. The van der Waals surface area contributed by atoms with Gasteiger partial charge in [-0.25, -0.2) is 4.52 Å². The maximum absolute atomic E-state index is 9.52. The minimum Gasteiger partial charge on any atom is -0.315 e. The molecule has 0 spiro atoms. The molecule has 1 aliphatic heterocycles. The van der Waals surface area contributed by atoms with Crippen molar-refractivity contribution in [1.29, 1.82) is 5.26 Å². The number of nitrogens with one attached hydrogen (secondary N) is 1. The lowest BCUT2D eigenvalue weighted by atomic mass is 10.1. The number of nitrogens with zero attached hydrogens (tertiary/aromatic N) is 7. The first kappa shape index (κ1) is 20.1. The highest BCUT2D eigenvalue weighted by atomic mass is 32.2. The first-order valence-corrected chi connectivity index (χ1v) is 10.5. The van der Waals surface area contributed by atoms with Crippen molar-refractivity contribution in [2.45, 2.75) is 30.7 Å². The SMILES string of the molecule is C=N/C=C(\N=C/C)Sc1cc(-c2cnn(C3CCCNC3)c2)cn2ncc(C#N)c12. The number of piperidine rings is 1. The van der Waals surface area contributed by atoms with Gasteiger partial charge in [-0.15, -0.1) is 0 Å². The average Bonchev–Trinajstić information content (AvgIpc) is 3.42. The van der Waals surface area contributed by atoms with E-state index in [0.29, 0.717) is 16.6 Å². The summed E-state index contributed by atoms with van der Waals surface area (Å²) >= 11 is 1.43. The fourth-order valence-electron chi connectivity index (χ4n) is 3.55. The van der Waals surface area contributed by atoms with Crippen molar-refractivity contribution >= 4 is 30.2 Å². The largest absolute Gasteiger partial charge is 0.315 e. The Kier molecular flexibility index (Phi) is 6.07. The molecule has 4 heterocycles. The van der Waals surface area contributed by atoms with Crippen molar-refractivity contribution in [2.75, 3.05) is 13.1 Å². The van der Waals surface area contributed by atoms with Crippen molar-refractivity contribution in [1.82, 2.24) is 24.7 Å². The Labute approximate surface area is 179 Å². The van der Waals surface area contributed by atoms with Crippen LogP contribution in [0.2, 0.25) is 0 Å². The van der Waals surface area contributed by atoms with Gasteiger partial charge in [0.1, 0.15) is 11.1 Å². The molecule has 4 rings (SSSR count). The van der Waals surface area contributed by atoms with Crippen molar-refractivity contribution in [2.24, 2.45) is 9.98 Å². The number of fused-ring (bicyclic) bond motifs is 1. The molecule has 3 aromatic heterocycles. The van der Waals surface area contributed by atoms with E-state index in [2.05, 4.69) is 44.5 Å². The van der Waals surface area contributed by atoms with Crippen LogP contribution in [-0.2, 0) is 0 Å². The molecular weight excluding hydrogens is 396 g/mol. The third kappa shape index (κ3) is 4.06. The van der Waals surface area contributed by atoms with Gasteiger partial charge in [0.2, 0.25) is 0 Å². The highest BCUT2D eigenvalue weighted by molar-refractivity contribution is 8.03. The second-order valence-corrected chi connectivity index (χ2v) is 7.97. The van der Waals surface area contributed by atoms with Gasteiger partial charge >= 0.3 is 0 Å². The number of hydrogen-bond acceptors (Lipinski definition) is 7. The summed E-state index contributed by atoms with van der Waals surface area (Å²) in [5.41, 5.74) is 3.24. The zero-order chi connectivity index (χ0) is 20.9. The molecule has 0 saturated carbocycles. The molecule has 0 aliphatic carbocycles. The number of pyridine rings is 1. The third-order valence-electron chi connectivity index (χ3n) is 4.95. The van der Waals surface area contributed by atoms with Crippen LogP contribution in [0.5, 0.6) is 0 Å². The second-order valence-electron chi connectivity index (χ2n) is 6.90. The van der Waals surface area contributed by atoms with E-state index >= 15 is 0 Å². The van der Waals surface area contributed by atoms with Crippen LogP contribution in [0.4, 0.5) is 0 Å². The molecule has 8 nitrogen and oxygen atoms in total. The summed E-state index contributed by atoms with van der Waals surface area (Å²) in [7, 11) is 0. The zero-order valence-electron chi connectivity index (χ0n) is 16.7. The van der Waals surface area contributed by atoms with Crippen LogP contribution in [0.15, 0.2) is 57.0 Å². The van der Waals surface area contributed by atoms with E-state index in [-0.39, 0.29) is 0 Å². The molecular formula is C21H22N8S. The minimum absolute atomic E-state index is 0.368. The topological polar surface area (TPSA) is 95.7 Å². The van der Waals surface area contributed by atoms with Gasteiger partial charge in [0, 0.05) is 41.2 Å². The molecule has 0 radical (unpaired) electrons. The van der Waals surface area contributed by atoms with Crippen LogP contribution in [0.3, 0.4) is 0 Å². The molecule has 3 aromatic rings. The summed E-state index contributed by atoms with van der Waals surface area (Å²) in [4.78, 5) is 9.07.